The van der Waals surface area contributed by atoms with Crippen molar-refractivity contribution in [3.8, 4) is 11.5 Å². The van der Waals surface area contributed by atoms with E-state index in [-0.39, 0.29) is 62.3 Å². The molecule has 2 aliphatic rings. The van der Waals surface area contributed by atoms with E-state index in [0.29, 0.717) is 28.7 Å². The van der Waals surface area contributed by atoms with Crippen LogP contribution in [0.25, 0.3) is 0 Å². The smallest absolute Gasteiger partial charge is 0.269 e. The fourth-order valence-corrected chi connectivity index (χ4v) is 5.78. The Labute approximate surface area is 244 Å². The van der Waals surface area contributed by atoms with Crippen molar-refractivity contribution >= 4 is 21.8 Å². The van der Waals surface area contributed by atoms with Crippen LogP contribution in [0.5, 0.6) is 11.5 Å². The lowest BCUT2D eigenvalue weighted by Gasteiger charge is -2.33. The summed E-state index contributed by atoms with van der Waals surface area (Å²) in [4.78, 5) is 27.2. The minimum Gasteiger partial charge on any atom is -0.493 e. The first-order valence-corrected chi connectivity index (χ1v) is 15.5. The molecule has 2 heterocycles. The number of carbonyl (C=O) groups is 2. The van der Waals surface area contributed by atoms with Gasteiger partial charge < -0.3 is 19.7 Å². The summed E-state index contributed by atoms with van der Waals surface area (Å²) in [6.07, 6.45) is 3.33. The number of para-hydroxylation sites is 1. The van der Waals surface area contributed by atoms with Crippen LogP contribution in [0.2, 0.25) is 0 Å². The lowest BCUT2D eigenvalue weighted by Crippen LogP contribution is -2.50. The summed E-state index contributed by atoms with van der Waals surface area (Å²) in [5, 5.41) is 7.35. The van der Waals surface area contributed by atoms with Gasteiger partial charge in [-0.3, -0.25) is 14.3 Å². The lowest BCUT2D eigenvalue weighted by molar-refractivity contribution is 0.0697. The van der Waals surface area contributed by atoms with Gasteiger partial charge in [-0.1, -0.05) is 18.2 Å². The van der Waals surface area contributed by atoms with Crippen molar-refractivity contribution in [2.24, 2.45) is 7.05 Å². The summed E-state index contributed by atoms with van der Waals surface area (Å²) >= 11 is 0. The van der Waals surface area contributed by atoms with Gasteiger partial charge in [0, 0.05) is 62.4 Å². The van der Waals surface area contributed by atoms with Gasteiger partial charge in [0.1, 0.15) is 18.1 Å². The number of nitrogens with zero attached hydrogens (tertiary/aromatic N) is 4. The van der Waals surface area contributed by atoms with E-state index in [4.69, 9.17) is 9.47 Å². The molecule has 1 aromatic heterocycles. The second kappa shape index (κ2) is 12.1. The number of hydrogen-bond acceptors (Lipinski definition) is 7. The molecule has 5 rings (SSSR count). The molecule has 3 aromatic rings. The molecule has 1 aliphatic heterocycles. The van der Waals surface area contributed by atoms with Gasteiger partial charge in [0.05, 0.1) is 19.1 Å². The van der Waals surface area contributed by atoms with Gasteiger partial charge >= 0.3 is 0 Å². The predicted octanol–water partition coefficient (Wildman–Crippen LogP) is 2.67. The van der Waals surface area contributed by atoms with Gasteiger partial charge in [0.15, 0.2) is 11.5 Å². The van der Waals surface area contributed by atoms with Crippen LogP contribution in [-0.2, 0) is 30.2 Å². The Kier molecular flexibility index (Phi) is 8.50. The van der Waals surface area contributed by atoms with Crippen LogP contribution in [-0.4, -0.2) is 78.8 Å². The van der Waals surface area contributed by atoms with Crippen LogP contribution in [0.15, 0.2) is 42.5 Å². The number of piperazine rings is 1. The Morgan fingerprint density at radius 2 is 1.81 bits per heavy atom. The first-order valence-electron chi connectivity index (χ1n) is 13.7. The molecular weight excluding hydrogens is 565 g/mol. The van der Waals surface area contributed by atoms with Crippen molar-refractivity contribution in [3.63, 3.8) is 0 Å². The maximum atomic E-state index is 15.0. The summed E-state index contributed by atoms with van der Waals surface area (Å²) in [6.45, 7) is 0.949. The molecule has 2 fully saturated rings. The SMILES string of the molecule is COc1c(CNC(=O)c2cc(C3CC3)nn2C)cccc1OCc1ccc(C(=O)N2CCN(S(C)(=O)=O)CC2)cc1F. The first-order chi connectivity index (χ1) is 20.0. The number of carbonyl (C=O) groups excluding carboxylic acids is 2. The Bertz CT molecular complexity index is 1600. The van der Waals surface area contributed by atoms with Gasteiger partial charge in [-0.05, 0) is 37.1 Å². The average Bonchev–Trinajstić information content (AvgIpc) is 3.75. The third-order valence-corrected chi connectivity index (χ3v) is 8.81. The third-order valence-electron chi connectivity index (χ3n) is 7.51. The second-order valence-corrected chi connectivity index (χ2v) is 12.5. The number of halogens is 1. The minimum atomic E-state index is -3.32. The number of nitrogens with one attached hydrogen (secondary N) is 1. The Morgan fingerprint density at radius 1 is 1.07 bits per heavy atom. The van der Waals surface area contributed by atoms with Crippen LogP contribution in [0.3, 0.4) is 0 Å². The Balaban J connectivity index is 1.20. The summed E-state index contributed by atoms with van der Waals surface area (Å²) < 4.78 is 52.8. The molecule has 1 saturated carbocycles. The predicted molar refractivity (Wildman–Crippen MR) is 152 cm³/mol. The molecule has 0 radical (unpaired) electrons. The zero-order valence-corrected chi connectivity index (χ0v) is 24.6. The molecule has 13 heteroatoms. The Morgan fingerprint density at radius 3 is 2.45 bits per heavy atom. The number of benzene rings is 2. The number of methoxy groups -OCH3 is 1. The van der Waals surface area contributed by atoms with E-state index in [2.05, 4.69) is 10.4 Å². The molecule has 2 aromatic carbocycles. The minimum absolute atomic E-state index is 0.113. The van der Waals surface area contributed by atoms with Crippen molar-refractivity contribution in [2.45, 2.75) is 31.9 Å². The fourth-order valence-electron chi connectivity index (χ4n) is 4.95. The third kappa shape index (κ3) is 6.57. The molecule has 1 saturated heterocycles. The number of aromatic nitrogens is 2. The number of rotatable bonds is 10. The van der Waals surface area contributed by atoms with Gasteiger partial charge in [-0.15, -0.1) is 0 Å². The van der Waals surface area contributed by atoms with Crippen molar-refractivity contribution in [1.82, 2.24) is 24.3 Å². The molecule has 2 amide bonds. The van der Waals surface area contributed by atoms with Crippen LogP contribution >= 0.6 is 0 Å². The number of sulfonamides is 1. The van der Waals surface area contributed by atoms with Gasteiger partial charge in [0.25, 0.3) is 11.8 Å². The highest BCUT2D eigenvalue weighted by atomic mass is 32.2. The largest absolute Gasteiger partial charge is 0.493 e. The van der Waals surface area contributed by atoms with Crippen LogP contribution < -0.4 is 14.8 Å². The molecule has 1 aliphatic carbocycles. The van der Waals surface area contributed by atoms with Crippen molar-refractivity contribution < 1.29 is 31.9 Å². The zero-order valence-electron chi connectivity index (χ0n) is 23.8. The van der Waals surface area contributed by atoms with E-state index >= 15 is 0 Å². The van der Waals surface area contributed by atoms with E-state index in [1.54, 1.807) is 23.9 Å². The van der Waals surface area contributed by atoms with Crippen molar-refractivity contribution in [1.29, 1.82) is 0 Å². The van der Waals surface area contributed by atoms with Crippen LogP contribution in [0, 0.1) is 5.82 Å². The molecule has 0 spiro atoms. The maximum absolute atomic E-state index is 15.0. The molecule has 0 bridgehead atoms. The van der Waals surface area contributed by atoms with E-state index in [9.17, 15) is 22.4 Å². The summed E-state index contributed by atoms with van der Waals surface area (Å²) in [7, 11) is -0.0759. The Hall–Kier alpha value is -3.97. The second-order valence-electron chi connectivity index (χ2n) is 10.5. The molecule has 224 valence electrons. The number of amides is 2. The normalized spacial score (nSPS) is 15.9. The van der Waals surface area contributed by atoms with E-state index in [1.165, 1.54) is 34.5 Å². The number of hydrogen-bond donors (Lipinski definition) is 1. The quantitative estimate of drug-likeness (QED) is 0.380. The highest BCUT2D eigenvalue weighted by molar-refractivity contribution is 7.88. The molecular formula is C29H34FN5O6S. The molecule has 0 unspecified atom stereocenters. The molecule has 11 nitrogen and oxygen atoms in total. The summed E-state index contributed by atoms with van der Waals surface area (Å²) in [5.41, 5.74) is 2.53. The van der Waals surface area contributed by atoms with E-state index in [1.807, 2.05) is 12.1 Å². The average molecular weight is 600 g/mol. The van der Waals surface area contributed by atoms with E-state index < -0.39 is 15.8 Å². The van der Waals surface area contributed by atoms with Crippen molar-refractivity contribution in [3.05, 3.63) is 76.4 Å². The number of ether oxygens (including phenoxy) is 2. The fraction of sp³-hybridized carbons (Fsp3) is 0.414. The van der Waals surface area contributed by atoms with Crippen LogP contribution in [0.1, 0.15) is 56.4 Å². The number of aryl methyl sites for hydroxylation is 1. The first kappa shape index (κ1) is 29.5. The standard InChI is InChI=1S/C29H34FN5O6S/c1-33-25(16-24(32-33)19-7-8-19)28(36)31-17-21-5-4-6-26(27(21)40-2)41-18-22-10-9-20(15-23(22)30)29(37)34-11-13-35(14-12-34)42(3,38)39/h4-6,9-10,15-16,19H,7-8,11-14,17-18H2,1-3H3,(H,31,36). The van der Waals surface area contributed by atoms with E-state index in [0.717, 1.165) is 24.8 Å². The van der Waals surface area contributed by atoms with Gasteiger partial charge in [-0.2, -0.15) is 9.40 Å². The highest BCUT2D eigenvalue weighted by Crippen LogP contribution is 2.39. The van der Waals surface area contributed by atoms with Crippen LogP contribution in [0.4, 0.5) is 4.39 Å². The lowest BCUT2D eigenvalue weighted by atomic mass is 10.1. The maximum Gasteiger partial charge on any atom is 0.269 e. The summed E-state index contributed by atoms with van der Waals surface area (Å²) in [5.74, 6) is 0.0314. The van der Waals surface area contributed by atoms with Gasteiger partial charge in [-0.25, -0.2) is 12.8 Å². The summed E-state index contributed by atoms with van der Waals surface area (Å²) in [6, 6.07) is 11.3. The highest BCUT2D eigenvalue weighted by Gasteiger charge is 2.29. The van der Waals surface area contributed by atoms with Gasteiger partial charge in [0.2, 0.25) is 10.0 Å². The van der Waals surface area contributed by atoms with Crippen molar-refractivity contribution in [2.75, 3.05) is 39.5 Å². The monoisotopic (exact) mass is 599 g/mol. The molecule has 42 heavy (non-hydrogen) atoms. The molecule has 0 atom stereocenters. The molecule has 1 N–H and O–H groups in total. The topological polar surface area (TPSA) is 123 Å². The zero-order chi connectivity index (χ0) is 30.0.